The van der Waals surface area contributed by atoms with E-state index < -0.39 is 26.2 Å². The Morgan fingerprint density at radius 2 is 2.14 bits per heavy atom. The van der Waals surface area contributed by atoms with Crippen LogP contribution in [0.3, 0.4) is 0 Å². The SMILES string of the molecule is CC(C)(NS(=O)(=O)c1cc([N+](=O)[O-])c(N)s1)c1nccs1. The van der Waals surface area contributed by atoms with E-state index in [9.17, 15) is 18.5 Å². The van der Waals surface area contributed by atoms with E-state index in [0.717, 1.165) is 6.07 Å². The molecule has 2 aromatic rings. The molecule has 0 aliphatic rings. The fourth-order valence-electron chi connectivity index (χ4n) is 1.61. The lowest BCUT2D eigenvalue weighted by Crippen LogP contribution is -2.40. The molecule has 0 spiro atoms. The van der Waals surface area contributed by atoms with Crippen LogP contribution < -0.4 is 10.5 Å². The summed E-state index contributed by atoms with van der Waals surface area (Å²) in [6, 6.07) is 0.959. The minimum absolute atomic E-state index is 0.146. The number of rotatable bonds is 5. The van der Waals surface area contributed by atoms with Gasteiger partial charge in [0.2, 0.25) is 0 Å². The number of thiophene rings is 1. The lowest BCUT2D eigenvalue weighted by atomic mass is 10.1. The maximum Gasteiger partial charge on any atom is 0.304 e. The van der Waals surface area contributed by atoms with Crippen LogP contribution in [0.15, 0.2) is 21.9 Å². The summed E-state index contributed by atoms with van der Waals surface area (Å²) < 4.78 is 26.9. The zero-order chi connectivity index (χ0) is 15.8. The topological polar surface area (TPSA) is 128 Å². The number of nitrogens with one attached hydrogen (secondary N) is 1. The normalized spacial score (nSPS) is 12.5. The average Bonchev–Trinajstić information content (AvgIpc) is 2.95. The lowest BCUT2D eigenvalue weighted by Gasteiger charge is -2.22. The molecule has 2 heterocycles. The van der Waals surface area contributed by atoms with Crippen molar-refractivity contribution in [1.29, 1.82) is 0 Å². The van der Waals surface area contributed by atoms with Gasteiger partial charge in [0.05, 0.1) is 10.5 Å². The summed E-state index contributed by atoms with van der Waals surface area (Å²) >= 11 is 1.97. The van der Waals surface area contributed by atoms with Gasteiger partial charge in [0.1, 0.15) is 9.22 Å². The first-order chi connectivity index (χ1) is 9.63. The lowest BCUT2D eigenvalue weighted by molar-refractivity contribution is -0.383. The summed E-state index contributed by atoms with van der Waals surface area (Å²) in [5.41, 5.74) is 4.13. The third-order valence-corrected chi connectivity index (χ3v) is 6.72. The predicted molar refractivity (Wildman–Crippen MR) is 80.8 cm³/mol. The second kappa shape index (κ2) is 5.33. The molecule has 0 bridgehead atoms. The number of thiazole rings is 1. The minimum atomic E-state index is -3.93. The molecule has 2 aromatic heterocycles. The highest BCUT2D eigenvalue weighted by molar-refractivity contribution is 7.91. The van der Waals surface area contributed by atoms with Gasteiger partial charge in [-0.15, -0.1) is 11.3 Å². The first kappa shape index (κ1) is 15.8. The molecule has 0 aromatic carbocycles. The summed E-state index contributed by atoms with van der Waals surface area (Å²) in [5.74, 6) is 0. The van der Waals surface area contributed by atoms with Gasteiger partial charge in [-0.05, 0) is 13.8 Å². The summed E-state index contributed by atoms with van der Waals surface area (Å²) in [7, 11) is -3.93. The van der Waals surface area contributed by atoms with Gasteiger partial charge in [0.15, 0.2) is 5.00 Å². The second-order valence-electron chi connectivity index (χ2n) is 4.64. The van der Waals surface area contributed by atoms with Crippen molar-refractivity contribution in [3.05, 3.63) is 32.8 Å². The van der Waals surface area contributed by atoms with Crippen LogP contribution in [0.25, 0.3) is 0 Å². The average molecular weight is 348 g/mol. The highest BCUT2D eigenvalue weighted by Crippen LogP contribution is 2.35. The van der Waals surface area contributed by atoms with Gasteiger partial charge in [-0.2, -0.15) is 4.72 Å². The minimum Gasteiger partial charge on any atom is -0.385 e. The monoisotopic (exact) mass is 348 g/mol. The fourth-order valence-corrected chi connectivity index (χ4v) is 4.99. The first-order valence-electron chi connectivity index (χ1n) is 5.61. The molecule has 0 aliphatic heterocycles. The Balaban J connectivity index is 2.35. The Morgan fingerprint density at radius 3 is 2.62 bits per heavy atom. The van der Waals surface area contributed by atoms with Crippen LogP contribution in [0, 0.1) is 10.1 Å². The van der Waals surface area contributed by atoms with Crippen LogP contribution in [-0.4, -0.2) is 18.3 Å². The molecular formula is C10H12N4O4S3. The van der Waals surface area contributed by atoms with Crippen LogP contribution in [0.4, 0.5) is 10.7 Å². The Hall–Kier alpha value is -1.56. The van der Waals surface area contributed by atoms with Crippen LogP contribution >= 0.6 is 22.7 Å². The van der Waals surface area contributed by atoms with E-state index >= 15 is 0 Å². The number of nitrogens with two attached hydrogens (primary N) is 1. The molecule has 0 saturated carbocycles. The number of nitro groups is 1. The molecule has 11 heteroatoms. The number of anilines is 1. The van der Waals surface area contributed by atoms with Gasteiger partial charge in [0, 0.05) is 17.6 Å². The van der Waals surface area contributed by atoms with E-state index in [1.54, 1.807) is 25.4 Å². The summed E-state index contributed by atoms with van der Waals surface area (Å²) in [5, 5.41) is 12.9. The fraction of sp³-hybridized carbons (Fsp3) is 0.300. The number of hydrogen-bond donors (Lipinski definition) is 2. The highest BCUT2D eigenvalue weighted by atomic mass is 32.2. The van der Waals surface area contributed by atoms with Gasteiger partial charge in [-0.3, -0.25) is 10.1 Å². The van der Waals surface area contributed by atoms with Gasteiger partial charge < -0.3 is 5.73 Å². The number of aromatic nitrogens is 1. The molecule has 0 aliphatic carbocycles. The summed E-state index contributed by atoms with van der Waals surface area (Å²) in [6.07, 6.45) is 1.57. The van der Waals surface area contributed by atoms with Gasteiger partial charge >= 0.3 is 5.69 Å². The van der Waals surface area contributed by atoms with Crippen LogP contribution in [0.5, 0.6) is 0 Å². The van der Waals surface area contributed by atoms with E-state index in [4.69, 9.17) is 5.73 Å². The maximum absolute atomic E-state index is 12.3. The molecule has 21 heavy (non-hydrogen) atoms. The Morgan fingerprint density at radius 1 is 1.48 bits per heavy atom. The molecule has 0 unspecified atom stereocenters. The molecule has 114 valence electrons. The van der Waals surface area contributed by atoms with E-state index in [1.165, 1.54) is 11.3 Å². The molecule has 2 rings (SSSR count). The van der Waals surface area contributed by atoms with E-state index in [0.29, 0.717) is 16.3 Å². The highest BCUT2D eigenvalue weighted by Gasteiger charge is 2.32. The molecule has 0 amide bonds. The molecule has 0 fully saturated rings. The third-order valence-electron chi connectivity index (χ3n) is 2.54. The van der Waals surface area contributed by atoms with E-state index in [2.05, 4.69) is 9.71 Å². The number of sulfonamides is 1. The summed E-state index contributed by atoms with van der Waals surface area (Å²) in [6.45, 7) is 3.32. The van der Waals surface area contributed by atoms with Gasteiger partial charge in [-0.1, -0.05) is 11.3 Å². The first-order valence-corrected chi connectivity index (χ1v) is 8.79. The van der Waals surface area contributed by atoms with Crippen molar-refractivity contribution in [2.75, 3.05) is 5.73 Å². The van der Waals surface area contributed by atoms with Crippen molar-refractivity contribution >= 4 is 43.4 Å². The Labute approximate surface area is 128 Å². The third kappa shape index (κ3) is 3.20. The second-order valence-corrected chi connectivity index (χ2v) is 8.53. The van der Waals surface area contributed by atoms with E-state index in [-0.39, 0.29) is 9.21 Å². The predicted octanol–water partition coefficient (Wildman–Crippen LogP) is 1.91. The zero-order valence-electron chi connectivity index (χ0n) is 11.1. The standard InChI is InChI=1S/C10H12N4O4S3/c1-10(2,9-12-3-4-19-9)13-21(17,18)7-5-6(14(15)16)8(11)20-7/h3-5,13H,11H2,1-2H3. The van der Waals surface area contributed by atoms with Gasteiger partial charge in [0.25, 0.3) is 10.0 Å². The number of nitrogen functional groups attached to an aromatic ring is 1. The van der Waals surface area contributed by atoms with Crippen molar-refractivity contribution in [2.24, 2.45) is 0 Å². The Kier molecular flexibility index (Phi) is 4.02. The van der Waals surface area contributed by atoms with Crippen molar-refractivity contribution < 1.29 is 13.3 Å². The van der Waals surface area contributed by atoms with Crippen molar-refractivity contribution in [2.45, 2.75) is 23.6 Å². The van der Waals surface area contributed by atoms with Crippen LogP contribution in [-0.2, 0) is 15.6 Å². The Bertz CT molecular complexity index is 764. The summed E-state index contributed by atoms with van der Waals surface area (Å²) in [4.78, 5) is 14.1. The molecule has 0 radical (unpaired) electrons. The van der Waals surface area contributed by atoms with Crippen LogP contribution in [0.1, 0.15) is 18.9 Å². The molecular weight excluding hydrogens is 336 g/mol. The molecule has 0 atom stereocenters. The molecule has 3 N–H and O–H groups in total. The van der Waals surface area contributed by atoms with Crippen molar-refractivity contribution in [3.63, 3.8) is 0 Å². The maximum atomic E-state index is 12.3. The van der Waals surface area contributed by atoms with Crippen LogP contribution in [0.2, 0.25) is 0 Å². The largest absolute Gasteiger partial charge is 0.385 e. The quantitative estimate of drug-likeness (QED) is 0.627. The van der Waals surface area contributed by atoms with Crippen molar-refractivity contribution in [1.82, 2.24) is 9.71 Å². The van der Waals surface area contributed by atoms with E-state index in [1.807, 2.05) is 0 Å². The smallest absolute Gasteiger partial charge is 0.304 e. The van der Waals surface area contributed by atoms with Crippen molar-refractivity contribution in [3.8, 4) is 0 Å². The molecule has 8 nitrogen and oxygen atoms in total. The zero-order valence-corrected chi connectivity index (χ0v) is 13.5. The molecule has 0 saturated heterocycles. The van der Waals surface area contributed by atoms with Gasteiger partial charge in [-0.25, -0.2) is 13.4 Å². The number of hydrogen-bond acceptors (Lipinski definition) is 8. The number of nitrogens with zero attached hydrogens (tertiary/aromatic N) is 2.